The average molecular weight is 165 g/mol. The Labute approximate surface area is 85.0 Å². The number of hydrogen-bond acceptors (Lipinski definition) is 4. The Hall–Kier alpha value is 0.1000. The van der Waals surface area contributed by atoms with Crippen molar-refractivity contribution in [1.82, 2.24) is 4.72 Å². The molecule has 5 heteroatoms. The normalized spacial score (nSPS) is 14.6. The molecule has 1 aliphatic heterocycles. The molecule has 0 bridgehead atoms. The molecule has 10 heavy (non-hydrogen) atoms. The van der Waals surface area contributed by atoms with Crippen LogP contribution < -0.4 is 39.4 Å². The summed E-state index contributed by atoms with van der Waals surface area (Å²) in [5, 5.41) is 11.8. The van der Waals surface area contributed by atoms with Crippen molar-refractivity contribution in [2.75, 3.05) is 0 Å². The monoisotopic (exact) mass is 165 g/mol. The van der Waals surface area contributed by atoms with Gasteiger partial charge in [0.1, 0.15) is 0 Å². The minimum atomic E-state index is -1.17. The van der Waals surface area contributed by atoms with Crippen LogP contribution in [-0.2, 0) is 4.79 Å². The summed E-state index contributed by atoms with van der Waals surface area (Å²) in [6.07, 6.45) is 3.10. The first kappa shape index (κ1) is 10.1. The van der Waals surface area contributed by atoms with Crippen molar-refractivity contribution in [3.05, 3.63) is 23.3 Å². The zero-order valence-corrected chi connectivity index (χ0v) is 8.27. The summed E-state index contributed by atoms with van der Waals surface area (Å²) in [5.74, 6) is -1.17. The third-order valence-corrected chi connectivity index (χ3v) is 1.43. The Kier molecular flexibility index (Phi) is 4.89. The van der Waals surface area contributed by atoms with Gasteiger partial charge in [-0.2, -0.15) is 0 Å². The molecule has 1 aliphatic rings. The molecule has 0 amide bonds. The number of carbonyl (C=O) groups excluding carboxylic acids is 1. The van der Waals surface area contributed by atoms with Crippen molar-refractivity contribution in [2.24, 2.45) is 0 Å². The molecule has 0 radical (unpaired) electrons. The van der Waals surface area contributed by atoms with Crippen LogP contribution in [0.15, 0.2) is 23.3 Å². The van der Waals surface area contributed by atoms with Crippen molar-refractivity contribution in [3.8, 4) is 0 Å². The maximum absolute atomic E-state index is 10.1. The minimum absolute atomic E-state index is 0. The molecule has 1 rings (SSSR count). The van der Waals surface area contributed by atoms with Crippen LogP contribution in [0.2, 0.25) is 0 Å². The summed E-state index contributed by atoms with van der Waals surface area (Å²) in [7, 11) is 0. The minimum Gasteiger partial charge on any atom is -0.543 e. The van der Waals surface area contributed by atoms with Gasteiger partial charge in [0.15, 0.2) is 0 Å². The number of carboxylic acid groups (broad SMARTS) is 1. The van der Waals surface area contributed by atoms with Gasteiger partial charge in [-0.25, -0.2) is 0 Å². The van der Waals surface area contributed by atoms with Gasteiger partial charge in [0.05, 0.1) is 11.7 Å². The van der Waals surface area contributed by atoms with Gasteiger partial charge >= 0.3 is 29.6 Å². The van der Waals surface area contributed by atoms with E-state index in [9.17, 15) is 9.90 Å². The molecular weight excluding hydrogens is 161 g/mol. The average Bonchev–Trinajstić information content (AvgIpc) is 1.90. The summed E-state index contributed by atoms with van der Waals surface area (Å²) in [4.78, 5) is 10.1. The zero-order valence-electron chi connectivity index (χ0n) is 5.46. The van der Waals surface area contributed by atoms with Crippen LogP contribution in [0, 0.1) is 0 Å². The summed E-state index contributed by atoms with van der Waals surface area (Å²) < 4.78 is 2.55. The fraction of sp³-hybridized carbons (Fsp3) is 0. The van der Waals surface area contributed by atoms with Crippen LogP contribution in [0.25, 0.3) is 0 Å². The number of nitrogens with one attached hydrogen (secondary N) is 1. The van der Waals surface area contributed by atoms with Crippen molar-refractivity contribution in [1.29, 1.82) is 0 Å². The molecule has 0 unspecified atom stereocenters. The van der Waals surface area contributed by atoms with E-state index in [4.69, 9.17) is 0 Å². The number of carbonyl (C=O) groups is 1. The Morgan fingerprint density at radius 1 is 1.70 bits per heavy atom. The molecule has 48 valence electrons. The van der Waals surface area contributed by atoms with Crippen molar-refractivity contribution >= 4 is 17.9 Å². The maximum Gasteiger partial charge on any atom is 1.00 e. The van der Waals surface area contributed by atoms with Crippen LogP contribution in [0.4, 0.5) is 0 Å². The molecule has 0 aliphatic carbocycles. The maximum atomic E-state index is 10.1. The van der Waals surface area contributed by atoms with Crippen LogP contribution >= 0.6 is 11.9 Å². The van der Waals surface area contributed by atoms with E-state index >= 15 is 0 Å². The molecule has 0 saturated carbocycles. The van der Waals surface area contributed by atoms with Gasteiger partial charge in [0, 0.05) is 0 Å². The first-order valence-electron chi connectivity index (χ1n) is 2.30. The number of allylic oxidation sites excluding steroid dienone is 2. The Bertz CT molecular complexity index is 190. The van der Waals surface area contributed by atoms with Gasteiger partial charge in [-0.3, -0.25) is 0 Å². The van der Waals surface area contributed by atoms with Gasteiger partial charge in [-0.1, -0.05) is 6.08 Å². The van der Waals surface area contributed by atoms with Crippen LogP contribution in [0.1, 0.15) is 0 Å². The third kappa shape index (κ3) is 2.79. The number of carboxylic acids is 1. The number of rotatable bonds is 1. The van der Waals surface area contributed by atoms with Gasteiger partial charge in [0.25, 0.3) is 0 Å². The molecule has 0 aromatic heterocycles. The van der Waals surface area contributed by atoms with E-state index in [0.717, 1.165) is 0 Å². The second-order valence-corrected chi connectivity index (χ2v) is 2.13. The van der Waals surface area contributed by atoms with Crippen molar-refractivity contribution in [3.63, 3.8) is 0 Å². The van der Waals surface area contributed by atoms with Crippen LogP contribution in [0.3, 0.4) is 0 Å². The van der Waals surface area contributed by atoms with Gasteiger partial charge in [0.2, 0.25) is 0 Å². The van der Waals surface area contributed by atoms with E-state index in [-0.39, 0.29) is 35.3 Å². The second-order valence-electron chi connectivity index (χ2n) is 1.42. The molecule has 0 atom stereocenters. The van der Waals surface area contributed by atoms with E-state index in [2.05, 4.69) is 4.72 Å². The van der Waals surface area contributed by atoms with Crippen molar-refractivity contribution < 1.29 is 39.5 Å². The zero-order chi connectivity index (χ0) is 6.69. The van der Waals surface area contributed by atoms with Crippen LogP contribution in [0.5, 0.6) is 0 Å². The van der Waals surface area contributed by atoms with Crippen LogP contribution in [-0.4, -0.2) is 5.97 Å². The largest absolute Gasteiger partial charge is 1.00 e. The molecule has 0 saturated heterocycles. The van der Waals surface area contributed by atoms with E-state index in [1.807, 2.05) is 0 Å². The predicted octanol–water partition coefficient (Wildman–Crippen LogP) is -3.61. The topological polar surface area (TPSA) is 52.2 Å². The SMILES string of the molecule is O=C([O-])C1=CC=CSN1.[Na+]. The summed E-state index contributed by atoms with van der Waals surface area (Å²) >= 11 is 1.21. The standard InChI is InChI=1S/C5H5NO2S.Na/c7-5(8)4-2-1-3-9-6-4;/h1-3,6H,(H,7,8);/q;+1/p-1. The fourth-order valence-corrected chi connectivity index (χ4v) is 0.920. The van der Waals surface area contributed by atoms with E-state index < -0.39 is 5.97 Å². The smallest absolute Gasteiger partial charge is 0.543 e. The Morgan fingerprint density at radius 3 is 2.70 bits per heavy atom. The molecule has 0 aromatic rings. The van der Waals surface area contributed by atoms with Gasteiger partial charge in [-0.05, 0) is 23.4 Å². The fourth-order valence-electron chi connectivity index (χ4n) is 0.416. The number of hydrogen-bond donors (Lipinski definition) is 1. The quantitative estimate of drug-likeness (QED) is 0.322. The summed E-state index contributed by atoms with van der Waals surface area (Å²) in [6, 6.07) is 0. The predicted molar refractivity (Wildman–Crippen MR) is 33.0 cm³/mol. The molecule has 0 spiro atoms. The van der Waals surface area contributed by atoms with Gasteiger partial charge < -0.3 is 14.6 Å². The number of aliphatic carboxylic acids is 1. The molecule has 0 aromatic carbocycles. The Morgan fingerprint density at radius 2 is 2.40 bits per heavy atom. The third-order valence-electron chi connectivity index (χ3n) is 0.798. The summed E-state index contributed by atoms with van der Waals surface area (Å²) in [5.41, 5.74) is 0.113. The van der Waals surface area contributed by atoms with E-state index in [0.29, 0.717) is 0 Å². The van der Waals surface area contributed by atoms with E-state index in [1.165, 1.54) is 18.0 Å². The second kappa shape index (κ2) is 4.85. The molecular formula is C5H4NNaO2S. The van der Waals surface area contributed by atoms with Gasteiger partial charge in [-0.15, -0.1) is 0 Å². The summed E-state index contributed by atoms with van der Waals surface area (Å²) in [6.45, 7) is 0. The Balaban J connectivity index is 0.000000810. The molecule has 3 nitrogen and oxygen atoms in total. The molecule has 1 heterocycles. The van der Waals surface area contributed by atoms with E-state index in [1.54, 1.807) is 11.5 Å². The molecule has 1 N–H and O–H groups in total. The first-order chi connectivity index (χ1) is 4.30. The molecule has 0 fully saturated rings. The van der Waals surface area contributed by atoms with Crippen molar-refractivity contribution in [2.45, 2.75) is 0 Å². The first-order valence-corrected chi connectivity index (χ1v) is 3.18.